The van der Waals surface area contributed by atoms with Gasteiger partial charge in [0, 0.05) is 0 Å². The molecule has 0 saturated carbocycles. The minimum Gasteiger partial charge on any atom is -0.411 e. The lowest BCUT2D eigenvalue weighted by molar-refractivity contribution is 0.498. The normalized spacial score (nSPS) is 9.75. The van der Waals surface area contributed by atoms with Crippen molar-refractivity contribution in [3.8, 4) is 0 Å². The van der Waals surface area contributed by atoms with Crippen molar-refractivity contribution in [3.05, 3.63) is 11.2 Å². The molecule has 1 aromatic rings. The SMILES string of the molecule is NCc1nnc(Cl)o1. The van der Waals surface area contributed by atoms with Crippen molar-refractivity contribution in [1.82, 2.24) is 10.2 Å². The van der Waals surface area contributed by atoms with Crippen LogP contribution >= 0.6 is 11.6 Å². The van der Waals surface area contributed by atoms with Gasteiger partial charge in [-0.2, -0.15) is 0 Å². The van der Waals surface area contributed by atoms with Gasteiger partial charge in [-0.05, 0) is 11.6 Å². The first-order valence-electron chi connectivity index (χ1n) is 2.01. The Hall–Kier alpha value is -0.610. The predicted octanol–water partition coefficient (Wildman–Crippen LogP) is 0.182. The van der Waals surface area contributed by atoms with E-state index < -0.39 is 0 Å². The summed E-state index contributed by atoms with van der Waals surface area (Å²) in [5.41, 5.74) is 5.11. The third kappa shape index (κ3) is 0.962. The zero-order chi connectivity index (χ0) is 5.98. The molecule has 0 spiro atoms. The maximum absolute atomic E-state index is 5.24. The van der Waals surface area contributed by atoms with Gasteiger partial charge in [-0.25, -0.2) is 0 Å². The van der Waals surface area contributed by atoms with Crippen LogP contribution in [0.5, 0.6) is 0 Å². The smallest absolute Gasteiger partial charge is 0.312 e. The Morgan fingerprint density at radius 1 is 1.62 bits per heavy atom. The second kappa shape index (κ2) is 2.11. The van der Waals surface area contributed by atoms with Crippen LogP contribution in [0.2, 0.25) is 5.35 Å². The van der Waals surface area contributed by atoms with Crippen molar-refractivity contribution >= 4 is 11.6 Å². The molecule has 0 aliphatic heterocycles. The van der Waals surface area contributed by atoms with Crippen LogP contribution in [0.15, 0.2) is 4.42 Å². The van der Waals surface area contributed by atoms with Gasteiger partial charge in [0.2, 0.25) is 5.89 Å². The van der Waals surface area contributed by atoms with Crippen LogP contribution in [0.1, 0.15) is 5.89 Å². The summed E-state index contributed by atoms with van der Waals surface area (Å²) in [7, 11) is 0. The molecule has 4 nitrogen and oxygen atoms in total. The Bertz CT molecular complexity index is 175. The van der Waals surface area contributed by atoms with Gasteiger partial charge in [0.05, 0.1) is 6.54 Å². The molecule has 5 heteroatoms. The summed E-state index contributed by atoms with van der Waals surface area (Å²) in [6, 6.07) is 0. The van der Waals surface area contributed by atoms with Gasteiger partial charge in [0.25, 0.3) is 0 Å². The number of nitrogens with zero attached hydrogens (tertiary/aromatic N) is 2. The van der Waals surface area contributed by atoms with E-state index in [1.165, 1.54) is 0 Å². The molecule has 0 radical (unpaired) electrons. The van der Waals surface area contributed by atoms with Crippen molar-refractivity contribution in [2.75, 3.05) is 0 Å². The molecule has 2 N–H and O–H groups in total. The second-order valence-electron chi connectivity index (χ2n) is 1.15. The molecule has 0 amide bonds. The molecule has 0 aliphatic carbocycles. The van der Waals surface area contributed by atoms with Gasteiger partial charge >= 0.3 is 5.35 Å². The van der Waals surface area contributed by atoms with E-state index in [4.69, 9.17) is 17.3 Å². The Kier molecular flexibility index (Phi) is 1.45. The van der Waals surface area contributed by atoms with E-state index >= 15 is 0 Å². The van der Waals surface area contributed by atoms with Crippen LogP contribution in [-0.4, -0.2) is 10.2 Å². The molecule has 0 fully saturated rings. The van der Waals surface area contributed by atoms with E-state index in [2.05, 4.69) is 14.6 Å². The fourth-order valence-corrected chi connectivity index (χ4v) is 0.442. The maximum Gasteiger partial charge on any atom is 0.312 e. The molecular weight excluding hydrogens is 130 g/mol. The zero-order valence-electron chi connectivity index (χ0n) is 3.97. The Morgan fingerprint density at radius 3 is 2.62 bits per heavy atom. The highest BCUT2D eigenvalue weighted by Gasteiger charge is 1.97. The molecule has 0 saturated heterocycles. The summed E-state index contributed by atoms with van der Waals surface area (Å²) in [6.07, 6.45) is 0. The number of aromatic nitrogens is 2. The number of hydrogen-bond acceptors (Lipinski definition) is 4. The van der Waals surface area contributed by atoms with Gasteiger partial charge in [-0.15, -0.1) is 5.10 Å². The molecule has 1 heterocycles. The first kappa shape index (κ1) is 5.53. The number of halogens is 1. The predicted molar refractivity (Wildman–Crippen MR) is 27.2 cm³/mol. The van der Waals surface area contributed by atoms with Crippen LogP contribution in [0.25, 0.3) is 0 Å². The van der Waals surface area contributed by atoms with Crippen LogP contribution in [0.3, 0.4) is 0 Å². The Balaban J connectivity index is 2.84. The average molecular weight is 134 g/mol. The van der Waals surface area contributed by atoms with E-state index in [0.29, 0.717) is 5.89 Å². The second-order valence-corrected chi connectivity index (χ2v) is 1.48. The van der Waals surface area contributed by atoms with E-state index in [0.717, 1.165) is 0 Å². The lowest BCUT2D eigenvalue weighted by Crippen LogP contribution is -1.95. The third-order valence-electron chi connectivity index (χ3n) is 0.617. The first-order chi connectivity index (χ1) is 3.83. The zero-order valence-corrected chi connectivity index (χ0v) is 4.72. The molecular formula is C3H4ClN3O. The van der Waals surface area contributed by atoms with Crippen LogP contribution < -0.4 is 5.73 Å². The van der Waals surface area contributed by atoms with Gasteiger partial charge in [-0.3, -0.25) is 0 Å². The lowest BCUT2D eigenvalue weighted by Gasteiger charge is -1.77. The minimum absolute atomic E-state index is 0.0328. The number of rotatable bonds is 1. The average Bonchev–Trinajstić information content (AvgIpc) is 2.14. The van der Waals surface area contributed by atoms with E-state index in [1.807, 2.05) is 0 Å². The van der Waals surface area contributed by atoms with Crippen LogP contribution in [-0.2, 0) is 6.54 Å². The maximum atomic E-state index is 5.24. The fourth-order valence-electron chi connectivity index (χ4n) is 0.316. The lowest BCUT2D eigenvalue weighted by atomic mass is 10.7. The molecule has 44 valence electrons. The Labute approximate surface area is 50.6 Å². The monoisotopic (exact) mass is 133 g/mol. The summed E-state index contributed by atoms with van der Waals surface area (Å²) >= 11 is 5.24. The quantitative estimate of drug-likeness (QED) is 0.594. The van der Waals surface area contributed by atoms with Crippen LogP contribution in [0, 0.1) is 0 Å². The first-order valence-corrected chi connectivity index (χ1v) is 2.38. The fraction of sp³-hybridized carbons (Fsp3) is 0.333. The standard InChI is InChI=1S/C3H4ClN3O/c4-3-7-6-2(1-5)8-3/h1,5H2. The van der Waals surface area contributed by atoms with Gasteiger partial charge in [0.15, 0.2) is 0 Å². The van der Waals surface area contributed by atoms with E-state index in [1.54, 1.807) is 0 Å². The summed E-state index contributed by atoms with van der Waals surface area (Å²) < 4.78 is 4.65. The van der Waals surface area contributed by atoms with Crippen molar-refractivity contribution in [1.29, 1.82) is 0 Å². The molecule has 1 rings (SSSR count). The number of nitrogens with two attached hydrogens (primary N) is 1. The largest absolute Gasteiger partial charge is 0.411 e. The molecule has 0 aliphatic rings. The summed E-state index contributed by atoms with van der Waals surface area (Å²) in [4.78, 5) is 0. The topological polar surface area (TPSA) is 64.9 Å². The van der Waals surface area contributed by atoms with Gasteiger partial charge in [-0.1, -0.05) is 5.10 Å². The van der Waals surface area contributed by atoms with E-state index in [9.17, 15) is 0 Å². The molecule has 0 bridgehead atoms. The number of hydrogen-bond donors (Lipinski definition) is 1. The molecule has 8 heavy (non-hydrogen) atoms. The van der Waals surface area contributed by atoms with Crippen molar-refractivity contribution < 1.29 is 4.42 Å². The summed E-state index contributed by atoms with van der Waals surface area (Å²) in [6.45, 7) is 0.236. The van der Waals surface area contributed by atoms with Crippen LogP contribution in [0.4, 0.5) is 0 Å². The molecule has 1 aromatic heterocycles. The van der Waals surface area contributed by atoms with Crippen molar-refractivity contribution in [3.63, 3.8) is 0 Å². The molecule has 0 aromatic carbocycles. The highest BCUT2D eigenvalue weighted by molar-refractivity contribution is 6.27. The minimum atomic E-state index is 0.0328. The van der Waals surface area contributed by atoms with Gasteiger partial charge < -0.3 is 10.2 Å². The van der Waals surface area contributed by atoms with Crippen molar-refractivity contribution in [2.24, 2.45) is 5.73 Å². The summed E-state index contributed by atoms with van der Waals surface area (Å²) in [5, 5.41) is 6.85. The van der Waals surface area contributed by atoms with Gasteiger partial charge in [0.1, 0.15) is 0 Å². The van der Waals surface area contributed by atoms with E-state index in [-0.39, 0.29) is 11.9 Å². The Morgan fingerprint density at radius 2 is 2.38 bits per heavy atom. The molecule has 0 atom stereocenters. The summed E-state index contributed by atoms with van der Waals surface area (Å²) in [5.74, 6) is 0.356. The third-order valence-corrected chi connectivity index (χ3v) is 0.770. The highest BCUT2D eigenvalue weighted by atomic mass is 35.5. The van der Waals surface area contributed by atoms with Crippen molar-refractivity contribution in [2.45, 2.75) is 6.54 Å². The molecule has 0 unspecified atom stereocenters. The highest BCUT2D eigenvalue weighted by Crippen LogP contribution is 2.03.